The number of ether oxygens (including phenoxy) is 1. The number of nitrogens with one attached hydrogen (secondary N) is 1. The molecule has 0 saturated heterocycles. The van der Waals surface area contributed by atoms with Crippen molar-refractivity contribution >= 4 is 63.1 Å². The summed E-state index contributed by atoms with van der Waals surface area (Å²) in [5, 5.41) is 5.15. The first-order chi connectivity index (χ1) is 18.0. The van der Waals surface area contributed by atoms with Crippen LogP contribution in [0.3, 0.4) is 0 Å². The van der Waals surface area contributed by atoms with E-state index in [1.807, 2.05) is 47.8 Å². The molecule has 0 spiro atoms. The first kappa shape index (κ1) is 23.6. The molecular weight excluding hydrogens is 530 g/mol. The average molecular weight is 548 g/mol. The lowest BCUT2D eigenvalue weighted by Gasteiger charge is -2.24. The molecule has 1 atom stereocenters. The van der Waals surface area contributed by atoms with Crippen LogP contribution in [0.4, 0.5) is 5.69 Å². The van der Waals surface area contributed by atoms with E-state index in [0.717, 1.165) is 21.8 Å². The van der Waals surface area contributed by atoms with Gasteiger partial charge in [0.15, 0.2) is 4.80 Å². The molecule has 0 radical (unpaired) electrons. The highest BCUT2D eigenvalue weighted by molar-refractivity contribution is 7.10. The number of nitrogens with zero attached hydrogens (tertiary/aromatic N) is 2. The van der Waals surface area contributed by atoms with Crippen LogP contribution in [-0.2, 0) is 14.3 Å². The molecule has 6 rings (SSSR count). The molecule has 4 aromatic rings. The Bertz CT molecular complexity index is 1790. The van der Waals surface area contributed by atoms with Crippen molar-refractivity contribution in [3.05, 3.63) is 112 Å². The third-order valence-electron chi connectivity index (χ3n) is 6.12. The minimum absolute atomic E-state index is 0.174. The fraction of sp³-hybridized carbons (Fsp3) is 0.111. The van der Waals surface area contributed by atoms with Gasteiger partial charge in [-0.1, -0.05) is 59.3 Å². The number of thiazole rings is 1. The molecule has 0 aliphatic carbocycles. The van der Waals surface area contributed by atoms with E-state index in [-0.39, 0.29) is 28.2 Å². The normalized spacial score (nSPS) is 17.7. The molecule has 0 unspecified atom stereocenters. The molecule has 4 heterocycles. The quantitative estimate of drug-likeness (QED) is 0.391. The molecule has 37 heavy (non-hydrogen) atoms. The fourth-order valence-corrected chi connectivity index (χ4v) is 6.66. The first-order valence-electron chi connectivity index (χ1n) is 11.4. The Morgan fingerprint density at radius 1 is 1.14 bits per heavy atom. The number of anilines is 1. The van der Waals surface area contributed by atoms with Crippen LogP contribution in [0.15, 0.2) is 81.4 Å². The molecular formula is C27H18ClN3O4S2. The van der Waals surface area contributed by atoms with Crippen molar-refractivity contribution in [2.45, 2.75) is 13.0 Å². The third kappa shape index (κ3) is 3.87. The van der Waals surface area contributed by atoms with Gasteiger partial charge in [0.1, 0.15) is 10.6 Å². The zero-order valence-corrected chi connectivity index (χ0v) is 21.7. The Balaban J connectivity index is 1.71. The van der Waals surface area contributed by atoms with Crippen LogP contribution in [0.25, 0.3) is 11.3 Å². The highest BCUT2D eigenvalue weighted by Crippen LogP contribution is 2.37. The maximum absolute atomic E-state index is 14.0. The summed E-state index contributed by atoms with van der Waals surface area (Å²) in [5.41, 5.74) is 2.42. The molecule has 2 aromatic heterocycles. The summed E-state index contributed by atoms with van der Waals surface area (Å²) in [6, 6.07) is 17.4. The van der Waals surface area contributed by atoms with Crippen LogP contribution < -0.4 is 20.2 Å². The third-order valence-corrected chi connectivity index (χ3v) is 8.33. The van der Waals surface area contributed by atoms with Crippen LogP contribution in [0, 0.1) is 0 Å². The van der Waals surface area contributed by atoms with Gasteiger partial charge in [-0.25, -0.2) is 9.79 Å². The summed E-state index contributed by atoms with van der Waals surface area (Å²) in [7, 11) is 0. The minimum atomic E-state index is -0.761. The van der Waals surface area contributed by atoms with E-state index >= 15 is 0 Å². The highest BCUT2D eigenvalue weighted by Gasteiger charge is 2.37. The molecule has 2 aliphatic heterocycles. The average Bonchev–Trinajstić information content (AvgIpc) is 3.61. The number of hydrogen-bond acceptors (Lipinski definition) is 7. The van der Waals surface area contributed by atoms with Gasteiger partial charge in [-0.3, -0.25) is 14.2 Å². The van der Waals surface area contributed by atoms with Gasteiger partial charge in [0.2, 0.25) is 0 Å². The van der Waals surface area contributed by atoms with Crippen LogP contribution >= 0.6 is 34.3 Å². The Labute approximate surface area is 223 Å². The van der Waals surface area contributed by atoms with Crippen molar-refractivity contribution < 1.29 is 14.3 Å². The summed E-state index contributed by atoms with van der Waals surface area (Å²) in [5.74, 6) is -0.930. The fourth-order valence-electron chi connectivity index (χ4n) is 4.57. The van der Waals surface area contributed by atoms with Crippen molar-refractivity contribution in [2.75, 3.05) is 11.9 Å². The van der Waals surface area contributed by atoms with Crippen LogP contribution in [0.1, 0.15) is 29.0 Å². The van der Waals surface area contributed by atoms with Crippen molar-refractivity contribution in [3.63, 3.8) is 0 Å². The van der Waals surface area contributed by atoms with Crippen molar-refractivity contribution in [1.82, 2.24) is 4.57 Å². The second-order valence-corrected chi connectivity index (χ2v) is 10.7. The smallest absolute Gasteiger partial charge is 0.338 e. The lowest BCUT2D eigenvalue weighted by Crippen LogP contribution is -2.40. The number of amides is 1. The second kappa shape index (κ2) is 9.26. The van der Waals surface area contributed by atoms with Gasteiger partial charge in [0, 0.05) is 26.7 Å². The van der Waals surface area contributed by atoms with Crippen LogP contribution in [0.5, 0.6) is 0 Å². The van der Waals surface area contributed by atoms with Gasteiger partial charge in [0.05, 0.1) is 23.5 Å². The van der Waals surface area contributed by atoms with E-state index in [2.05, 4.69) is 5.32 Å². The number of rotatable bonds is 4. The number of esters is 1. The number of thiophene rings is 1. The van der Waals surface area contributed by atoms with E-state index in [4.69, 9.17) is 21.3 Å². The Kier molecular flexibility index (Phi) is 5.91. The zero-order valence-electron chi connectivity index (χ0n) is 19.4. The van der Waals surface area contributed by atoms with Crippen molar-refractivity contribution in [3.8, 4) is 0 Å². The summed E-state index contributed by atoms with van der Waals surface area (Å²) in [6.07, 6.45) is 0. The van der Waals surface area contributed by atoms with Crippen molar-refractivity contribution in [2.24, 2.45) is 4.99 Å². The minimum Gasteiger partial charge on any atom is -0.463 e. The van der Waals surface area contributed by atoms with E-state index in [0.29, 0.717) is 26.8 Å². The topological polar surface area (TPSA) is 89.8 Å². The maximum atomic E-state index is 14.0. The summed E-state index contributed by atoms with van der Waals surface area (Å²) >= 11 is 8.77. The number of halogens is 1. The number of carbonyl (C=O) groups excluding carboxylic acids is 2. The van der Waals surface area contributed by atoms with Crippen LogP contribution in [-0.4, -0.2) is 23.1 Å². The second-order valence-electron chi connectivity index (χ2n) is 8.29. The molecule has 0 bridgehead atoms. The van der Waals surface area contributed by atoms with Gasteiger partial charge < -0.3 is 10.1 Å². The Morgan fingerprint density at radius 2 is 1.95 bits per heavy atom. The SMILES string of the molecule is CCOC(=O)C1=C(c2ccccc2)N=c2s/c(=C3\C(=O)Nc4ccc(Cl)cc43)c(=O)n2[C@H]1c1cccs1. The predicted octanol–water partition coefficient (Wildman–Crippen LogP) is 3.97. The van der Waals surface area contributed by atoms with E-state index < -0.39 is 17.6 Å². The van der Waals surface area contributed by atoms with Gasteiger partial charge >= 0.3 is 5.97 Å². The molecule has 0 fully saturated rings. The number of benzene rings is 2. The Morgan fingerprint density at radius 3 is 2.68 bits per heavy atom. The Hall–Kier alpha value is -3.79. The standard InChI is InChI=1S/C27H18ClN3O4S2/c1-2-35-26(34)20-21(14-7-4-3-5-8-14)30-27-31(22(20)18-9-6-12-36-18)25(33)23(37-27)19-16-13-15(28)10-11-17(16)29-24(19)32/h3-13,22H,2H2,1H3,(H,29,32)/b23-19-/t22-/m0/s1. The van der Waals surface area contributed by atoms with Gasteiger partial charge in [-0.2, -0.15) is 0 Å². The molecule has 1 amide bonds. The number of fused-ring (bicyclic) bond motifs is 2. The lowest BCUT2D eigenvalue weighted by molar-refractivity contribution is -0.138. The summed E-state index contributed by atoms with van der Waals surface area (Å²) in [4.78, 5) is 46.4. The predicted molar refractivity (Wildman–Crippen MR) is 144 cm³/mol. The number of aromatic nitrogens is 1. The van der Waals surface area contributed by atoms with Crippen LogP contribution in [0.2, 0.25) is 5.02 Å². The van der Waals surface area contributed by atoms with Gasteiger partial charge in [-0.05, 0) is 36.6 Å². The number of hydrogen-bond donors (Lipinski definition) is 1. The molecule has 1 N–H and O–H groups in total. The molecule has 10 heteroatoms. The summed E-state index contributed by atoms with van der Waals surface area (Å²) < 4.78 is 7.18. The summed E-state index contributed by atoms with van der Waals surface area (Å²) in [6.45, 7) is 1.91. The number of carbonyl (C=O) groups is 2. The van der Waals surface area contributed by atoms with Gasteiger partial charge in [-0.15, -0.1) is 11.3 Å². The van der Waals surface area contributed by atoms with E-state index in [1.165, 1.54) is 15.9 Å². The molecule has 0 saturated carbocycles. The maximum Gasteiger partial charge on any atom is 0.338 e. The van der Waals surface area contributed by atoms with Crippen molar-refractivity contribution in [1.29, 1.82) is 0 Å². The lowest BCUT2D eigenvalue weighted by atomic mass is 9.97. The zero-order chi connectivity index (χ0) is 25.7. The van der Waals surface area contributed by atoms with E-state index in [1.54, 1.807) is 25.1 Å². The molecule has 7 nitrogen and oxygen atoms in total. The molecule has 184 valence electrons. The monoisotopic (exact) mass is 547 g/mol. The molecule has 2 aliphatic rings. The van der Waals surface area contributed by atoms with Gasteiger partial charge in [0.25, 0.3) is 11.5 Å². The first-order valence-corrected chi connectivity index (χ1v) is 13.5. The molecule has 2 aromatic carbocycles. The van der Waals surface area contributed by atoms with E-state index in [9.17, 15) is 14.4 Å². The largest absolute Gasteiger partial charge is 0.463 e. The highest BCUT2D eigenvalue weighted by atomic mass is 35.5.